The molecule has 2 atom stereocenters. The van der Waals surface area contributed by atoms with Gasteiger partial charge in [-0.25, -0.2) is 0 Å². The van der Waals surface area contributed by atoms with E-state index in [4.69, 9.17) is 4.74 Å². The fourth-order valence-electron chi connectivity index (χ4n) is 1.64. The van der Waals surface area contributed by atoms with E-state index in [2.05, 4.69) is 11.8 Å². The predicted molar refractivity (Wildman–Crippen MR) is 51.7 cm³/mol. The second-order valence-electron chi connectivity index (χ2n) is 3.82. The van der Waals surface area contributed by atoms with Crippen LogP contribution in [-0.2, 0) is 9.53 Å². The van der Waals surface area contributed by atoms with Crippen molar-refractivity contribution in [2.75, 3.05) is 19.7 Å². The molecule has 0 aromatic heterocycles. The van der Waals surface area contributed by atoms with Crippen LogP contribution in [0.1, 0.15) is 27.2 Å². The Morgan fingerprint density at radius 3 is 2.92 bits per heavy atom. The number of rotatable bonds is 2. The number of hydrogen-bond donors (Lipinski definition) is 0. The zero-order valence-corrected chi connectivity index (χ0v) is 8.75. The number of Topliss-reactive ketones (excluding diaryl/α,β-unsaturated/α-hetero) is 1. The molecule has 1 heterocycles. The van der Waals surface area contributed by atoms with Crippen LogP contribution in [0.15, 0.2) is 0 Å². The smallest absolute Gasteiger partial charge is 0.146 e. The fourth-order valence-corrected chi connectivity index (χ4v) is 1.64. The Morgan fingerprint density at radius 1 is 1.62 bits per heavy atom. The molecule has 0 spiro atoms. The van der Waals surface area contributed by atoms with Crippen LogP contribution < -0.4 is 0 Å². The van der Waals surface area contributed by atoms with E-state index >= 15 is 0 Å². The van der Waals surface area contributed by atoms with Crippen molar-refractivity contribution in [1.29, 1.82) is 0 Å². The molecule has 2 unspecified atom stereocenters. The zero-order chi connectivity index (χ0) is 9.84. The standard InChI is InChI=1S/C10H19NO2/c1-8-7-11(5-4-6-13-8)9(2)10(3)12/h8-9H,4-7H2,1-3H3. The molecule has 3 heteroatoms. The number of carbonyl (C=O) groups is 1. The first kappa shape index (κ1) is 10.7. The van der Waals surface area contributed by atoms with Crippen LogP contribution >= 0.6 is 0 Å². The van der Waals surface area contributed by atoms with E-state index < -0.39 is 0 Å². The number of carbonyl (C=O) groups excluding carboxylic acids is 1. The molecule has 0 radical (unpaired) electrons. The summed E-state index contributed by atoms with van der Waals surface area (Å²) in [5, 5.41) is 0. The highest BCUT2D eigenvalue weighted by Crippen LogP contribution is 2.09. The lowest BCUT2D eigenvalue weighted by Gasteiger charge is -2.26. The normalized spacial score (nSPS) is 28.1. The Kier molecular flexibility index (Phi) is 3.88. The molecule has 1 fully saturated rings. The summed E-state index contributed by atoms with van der Waals surface area (Å²) in [6.07, 6.45) is 1.28. The lowest BCUT2D eigenvalue weighted by molar-refractivity contribution is -0.121. The molecule has 0 N–H and O–H groups in total. The molecule has 0 aliphatic carbocycles. The van der Waals surface area contributed by atoms with Gasteiger partial charge in [-0.3, -0.25) is 9.69 Å². The van der Waals surface area contributed by atoms with Crippen LogP contribution in [0.4, 0.5) is 0 Å². The average Bonchev–Trinajstić information content (AvgIpc) is 2.28. The van der Waals surface area contributed by atoms with E-state index in [9.17, 15) is 4.79 Å². The van der Waals surface area contributed by atoms with Crippen molar-refractivity contribution in [3.05, 3.63) is 0 Å². The fraction of sp³-hybridized carbons (Fsp3) is 0.900. The van der Waals surface area contributed by atoms with Crippen molar-refractivity contribution in [3.8, 4) is 0 Å². The molecular weight excluding hydrogens is 166 g/mol. The van der Waals surface area contributed by atoms with Gasteiger partial charge in [0.1, 0.15) is 5.78 Å². The molecule has 0 bridgehead atoms. The highest BCUT2D eigenvalue weighted by atomic mass is 16.5. The highest BCUT2D eigenvalue weighted by molar-refractivity contribution is 5.80. The molecule has 1 saturated heterocycles. The quantitative estimate of drug-likeness (QED) is 0.644. The Balaban J connectivity index is 2.51. The van der Waals surface area contributed by atoms with Crippen molar-refractivity contribution in [1.82, 2.24) is 4.90 Å². The van der Waals surface area contributed by atoms with Crippen LogP contribution in [0.5, 0.6) is 0 Å². The van der Waals surface area contributed by atoms with Gasteiger partial charge in [-0.1, -0.05) is 0 Å². The van der Waals surface area contributed by atoms with Gasteiger partial charge >= 0.3 is 0 Å². The molecule has 0 aromatic rings. The third-order valence-electron chi connectivity index (χ3n) is 2.62. The molecule has 0 amide bonds. The van der Waals surface area contributed by atoms with Crippen LogP contribution in [-0.4, -0.2) is 42.5 Å². The van der Waals surface area contributed by atoms with E-state index in [-0.39, 0.29) is 17.9 Å². The van der Waals surface area contributed by atoms with Crippen molar-refractivity contribution >= 4 is 5.78 Å². The molecule has 3 nitrogen and oxygen atoms in total. The number of ether oxygens (including phenoxy) is 1. The summed E-state index contributed by atoms with van der Waals surface area (Å²) in [4.78, 5) is 13.4. The lowest BCUT2D eigenvalue weighted by Crippen LogP contribution is -2.41. The highest BCUT2D eigenvalue weighted by Gasteiger charge is 2.21. The third-order valence-corrected chi connectivity index (χ3v) is 2.62. The maximum atomic E-state index is 11.2. The van der Waals surface area contributed by atoms with Crippen molar-refractivity contribution in [2.45, 2.75) is 39.3 Å². The summed E-state index contributed by atoms with van der Waals surface area (Å²) in [6.45, 7) is 8.36. The number of nitrogens with zero attached hydrogens (tertiary/aromatic N) is 1. The van der Waals surface area contributed by atoms with Gasteiger partial charge in [0.2, 0.25) is 0 Å². The molecule has 13 heavy (non-hydrogen) atoms. The summed E-state index contributed by atoms with van der Waals surface area (Å²) in [6, 6.07) is 0.0455. The minimum absolute atomic E-state index is 0.0455. The maximum Gasteiger partial charge on any atom is 0.146 e. The van der Waals surface area contributed by atoms with Gasteiger partial charge in [0.15, 0.2) is 0 Å². The molecule has 1 aliphatic heterocycles. The Hall–Kier alpha value is -0.410. The van der Waals surface area contributed by atoms with Crippen molar-refractivity contribution in [3.63, 3.8) is 0 Å². The Bertz CT molecular complexity index is 182. The van der Waals surface area contributed by atoms with Crippen LogP contribution in [0.2, 0.25) is 0 Å². The van der Waals surface area contributed by atoms with E-state index in [1.165, 1.54) is 0 Å². The molecule has 76 valence electrons. The van der Waals surface area contributed by atoms with Crippen LogP contribution in [0, 0.1) is 0 Å². The molecular formula is C10H19NO2. The lowest BCUT2D eigenvalue weighted by atomic mass is 10.2. The largest absolute Gasteiger partial charge is 0.377 e. The monoisotopic (exact) mass is 185 g/mol. The SMILES string of the molecule is CC(=O)C(C)N1CCCOC(C)C1. The summed E-state index contributed by atoms with van der Waals surface area (Å²) in [5.74, 6) is 0.245. The Labute approximate surface area is 80.1 Å². The summed E-state index contributed by atoms with van der Waals surface area (Å²) in [5.41, 5.74) is 0. The van der Waals surface area contributed by atoms with E-state index in [0.29, 0.717) is 0 Å². The van der Waals surface area contributed by atoms with Gasteiger partial charge in [-0.2, -0.15) is 0 Å². The van der Waals surface area contributed by atoms with Gasteiger partial charge in [0, 0.05) is 19.7 Å². The topological polar surface area (TPSA) is 29.5 Å². The van der Waals surface area contributed by atoms with E-state index in [0.717, 1.165) is 26.1 Å². The number of hydrogen-bond acceptors (Lipinski definition) is 3. The first-order chi connectivity index (χ1) is 6.11. The van der Waals surface area contributed by atoms with Gasteiger partial charge in [0.05, 0.1) is 12.1 Å². The minimum Gasteiger partial charge on any atom is -0.377 e. The van der Waals surface area contributed by atoms with E-state index in [1.807, 2.05) is 6.92 Å². The summed E-state index contributed by atoms with van der Waals surface area (Å²) in [7, 11) is 0. The minimum atomic E-state index is 0.0455. The maximum absolute atomic E-state index is 11.2. The summed E-state index contributed by atoms with van der Waals surface area (Å²) >= 11 is 0. The van der Waals surface area contributed by atoms with Crippen molar-refractivity contribution in [2.24, 2.45) is 0 Å². The zero-order valence-electron chi connectivity index (χ0n) is 8.75. The van der Waals surface area contributed by atoms with Gasteiger partial charge in [0.25, 0.3) is 0 Å². The molecule has 0 aromatic carbocycles. The Morgan fingerprint density at radius 2 is 2.31 bits per heavy atom. The van der Waals surface area contributed by atoms with Gasteiger partial charge < -0.3 is 4.74 Å². The average molecular weight is 185 g/mol. The van der Waals surface area contributed by atoms with E-state index in [1.54, 1.807) is 6.92 Å². The first-order valence-corrected chi connectivity index (χ1v) is 4.97. The van der Waals surface area contributed by atoms with Crippen molar-refractivity contribution < 1.29 is 9.53 Å². The van der Waals surface area contributed by atoms with Crippen LogP contribution in [0.25, 0.3) is 0 Å². The van der Waals surface area contributed by atoms with Crippen LogP contribution in [0.3, 0.4) is 0 Å². The molecule has 0 saturated carbocycles. The molecule has 1 aliphatic rings. The predicted octanol–water partition coefficient (Wildman–Crippen LogP) is 1.07. The second kappa shape index (κ2) is 4.72. The molecule has 1 rings (SSSR count). The second-order valence-corrected chi connectivity index (χ2v) is 3.82. The summed E-state index contributed by atoms with van der Waals surface area (Å²) < 4.78 is 5.51. The third kappa shape index (κ3) is 3.08. The first-order valence-electron chi connectivity index (χ1n) is 4.97. The number of ketones is 1. The van der Waals surface area contributed by atoms with Gasteiger partial charge in [-0.15, -0.1) is 0 Å². The van der Waals surface area contributed by atoms with Gasteiger partial charge in [-0.05, 0) is 27.2 Å².